The van der Waals surface area contributed by atoms with E-state index >= 15 is 0 Å². The number of H-pyrrole nitrogens is 1. The monoisotopic (exact) mass is 377 g/mol. The minimum atomic E-state index is -0.410. The summed E-state index contributed by atoms with van der Waals surface area (Å²) in [6, 6.07) is 14.6. The second-order valence-corrected chi connectivity index (χ2v) is 7.81. The quantitative estimate of drug-likeness (QED) is 0.752. The minimum Gasteiger partial charge on any atom is -0.356 e. The van der Waals surface area contributed by atoms with Crippen LogP contribution in [-0.2, 0) is 11.2 Å². The molecule has 0 aliphatic carbocycles. The average molecular weight is 377 g/mol. The molecule has 0 unspecified atom stereocenters. The van der Waals surface area contributed by atoms with Gasteiger partial charge in [-0.2, -0.15) is 0 Å². The van der Waals surface area contributed by atoms with Gasteiger partial charge in [-0.15, -0.1) is 0 Å². The van der Waals surface area contributed by atoms with E-state index in [-0.39, 0.29) is 11.7 Å². The van der Waals surface area contributed by atoms with E-state index in [1.807, 2.05) is 29.2 Å². The number of benzene rings is 2. The van der Waals surface area contributed by atoms with Crippen LogP contribution in [0.1, 0.15) is 35.7 Å². The van der Waals surface area contributed by atoms with E-state index < -0.39 is 6.04 Å². The second kappa shape index (κ2) is 7.06. The second-order valence-electron chi connectivity index (χ2n) is 7.81. The summed E-state index contributed by atoms with van der Waals surface area (Å²) in [4.78, 5) is 20.8. The van der Waals surface area contributed by atoms with Crippen molar-refractivity contribution in [2.45, 2.75) is 25.3 Å². The number of hydrogen-bond donors (Lipinski definition) is 1. The molecule has 2 aliphatic rings. The van der Waals surface area contributed by atoms with E-state index in [1.165, 1.54) is 17.0 Å². The summed E-state index contributed by atoms with van der Waals surface area (Å²) in [6.07, 6.45) is 3.09. The number of amides is 1. The smallest absolute Gasteiger partial charge is 0.237 e. The van der Waals surface area contributed by atoms with Crippen molar-refractivity contribution in [2.24, 2.45) is 0 Å². The first-order valence-corrected chi connectivity index (χ1v) is 10.1. The zero-order chi connectivity index (χ0) is 19.1. The Labute approximate surface area is 163 Å². The molecule has 2 aliphatic heterocycles. The molecule has 2 aromatic carbocycles. The third kappa shape index (κ3) is 2.90. The molecule has 28 heavy (non-hydrogen) atoms. The van der Waals surface area contributed by atoms with Gasteiger partial charge in [-0.25, -0.2) is 4.39 Å². The maximum absolute atomic E-state index is 14.8. The molecule has 4 nitrogen and oxygen atoms in total. The fourth-order valence-electron chi connectivity index (χ4n) is 4.75. The molecular weight excluding hydrogens is 353 g/mol. The van der Waals surface area contributed by atoms with Crippen molar-refractivity contribution in [2.75, 3.05) is 26.2 Å². The number of nitrogens with one attached hydrogen (secondary N) is 1. The van der Waals surface area contributed by atoms with Gasteiger partial charge in [-0.3, -0.25) is 9.69 Å². The molecule has 1 atom stereocenters. The predicted molar refractivity (Wildman–Crippen MR) is 108 cm³/mol. The molecule has 1 N–H and O–H groups in total. The summed E-state index contributed by atoms with van der Waals surface area (Å²) in [5.74, 6) is -0.183. The van der Waals surface area contributed by atoms with Gasteiger partial charge >= 0.3 is 0 Å². The normalized spacial score (nSPS) is 19.9. The molecule has 5 rings (SSSR count). The molecule has 5 heteroatoms. The molecule has 144 valence electrons. The number of para-hydroxylation sites is 1. The molecule has 0 radical (unpaired) electrons. The van der Waals surface area contributed by atoms with Gasteiger partial charge in [0, 0.05) is 28.7 Å². The van der Waals surface area contributed by atoms with Crippen LogP contribution in [0.5, 0.6) is 0 Å². The van der Waals surface area contributed by atoms with Crippen molar-refractivity contribution in [1.29, 1.82) is 0 Å². The number of carbonyl (C=O) groups excluding carboxylic acids is 1. The Bertz CT molecular complexity index is 1020. The number of hydrogen-bond acceptors (Lipinski definition) is 2. The van der Waals surface area contributed by atoms with Crippen molar-refractivity contribution < 1.29 is 9.18 Å². The Morgan fingerprint density at radius 1 is 1.04 bits per heavy atom. The Morgan fingerprint density at radius 2 is 1.79 bits per heavy atom. The first-order chi connectivity index (χ1) is 13.7. The van der Waals surface area contributed by atoms with Gasteiger partial charge in [0.05, 0.1) is 6.54 Å². The highest BCUT2D eigenvalue weighted by Crippen LogP contribution is 2.39. The standard InChI is InChI=1S/C23H24FN3O/c24-19-9-3-1-8-18(19)23-22-17(16-7-2-4-10-20(16)25-22)11-14-27(23)21(28)15-26-12-5-6-13-26/h1-4,7-10,23,25H,5-6,11-15H2/t23-/m1/s1. The molecule has 3 heterocycles. The van der Waals surface area contributed by atoms with Crippen LogP contribution in [0.3, 0.4) is 0 Å². The lowest BCUT2D eigenvalue weighted by Gasteiger charge is -2.37. The Balaban J connectivity index is 1.59. The molecular formula is C23H24FN3O. The van der Waals surface area contributed by atoms with Crippen LogP contribution in [0.2, 0.25) is 0 Å². The van der Waals surface area contributed by atoms with Crippen LogP contribution < -0.4 is 0 Å². The summed E-state index contributed by atoms with van der Waals surface area (Å²) in [5, 5.41) is 1.17. The van der Waals surface area contributed by atoms with Crippen LogP contribution in [0.25, 0.3) is 10.9 Å². The van der Waals surface area contributed by atoms with Gasteiger partial charge in [0.15, 0.2) is 0 Å². The first kappa shape index (κ1) is 17.4. The van der Waals surface area contributed by atoms with Crippen molar-refractivity contribution in [3.63, 3.8) is 0 Å². The lowest BCUT2D eigenvalue weighted by atomic mass is 9.92. The topological polar surface area (TPSA) is 39.3 Å². The zero-order valence-corrected chi connectivity index (χ0v) is 15.8. The SMILES string of the molecule is O=C(CN1CCCC1)N1CCc2c([nH]c3ccccc23)[C@H]1c1ccccc1F. The molecule has 1 fully saturated rings. The molecule has 1 amide bonds. The van der Waals surface area contributed by atoms with Crippen LogP contribution in [-0.4, -0.2) is 46.9 Å². The highest BCUT2D eigenvalue weighted by Gasteiger charge is 2.36. The number of nitrogens with zero attached hydrogens (tertiary/aromatic N) is 2. The Morgan fingerprint density at radius 3 is 2.61 bits per heavy atom. The Hall–Kier alpha value is -2.66. The summed E-state index contributed by atoms with van der Waals surface area (Å²) < 4.78 is 14.8. The van der Waals surface area contributed by atoms with Crippen LogP contribution in [0, 0.1) is 5.82 Å². The third-order valence-corrected chi connectivity index (χ3v) is 6.11. The van der Waals surface area contributed by atoms with E-state index in [2.05, 4.69) is 16.0 Å². The van der Waals surface area contributed by atoms with Crippen molar-refractivity contribution in [3.8, 4) is 0 Å². The first-order valence-electron chi connectivity index (χ1n) is 10.1. The number of halogens is 1. The fraction of sp³-hybridized carbons (Fsp3) is 0.348. The molecule has 0 bridgehead atoms. The highest BCUT2D eigenvalue weighted by molar-refractivity contribution is 5.87. The molecule has 1 saturated heterocycles. The predicted octanol–water partition coefficient (Wildman–Crippen LogP) is 3.88. The molecule has 0 saturated carbocycles. The number of carbonyl (C=O) groups is 1. The summed E-state index contributed by atoms with van der Waals surface area (Å²) in [7, 11) is 0. The molecule has 1 aromatic heterocycles. The summed E-state index contributed by atoms with van der Waals surface area (Å²) in [6.45, 7) is 2.98. The zero-order valence-electron chi connectivity index (χ0n) is 15.8. The lowest BCUT2D eigenvalue weighted by Crippen LogP contribution is -2.45. The summed E-state index contributed by atoms with van der Waals surface area (Å²) in [5.41, 5.74) is 3.76. The van der Waals surface area contributed by atoms with Crippen molar-refractivity contribution in [3.05, 3.63) is 71.2 Å². The van der Waals surface area contributed by atoms with Gasteiger partial charge in [0.25, 0.3) is 0 Å². The van der Waals surface area contributed by atoms with Gasteiger partial charge in [-0.1, -0.05) is 36.4 Å². The maximum Gasteiger partial charge on any atom is 0.237 e. The largest absolute Gasteiger partial charge is 0.356 e. The van der Waals surface area contributed by atoms with Crippen LogP contribution >= 0.6 is 0 Å². The number of rotatable bonds is 3. The number of aromatic amines is 1. The third-order valence-electron chi connectivity index (χ3n) is 6.11. The minimum absolute atomic E-state index is 0.0828. The van der Waals surface area contributed by atoms with Gasteiger partial charge in [0.1, 0.15) is 11.9 Å². The van der Waals surface area contributed by atoms with Crippen LogP contribution in [0.4, 0.5) is 4.39 Å². The fourth-order valence-corrected chi connectivity index (χ4v) is 4.75. The number of likely N-dealkylation sites (tertiary alicyclic amines) is 1. The van der Waals surface area contributed by atoms with E-state index in [0.29, 0.717) is 18.7 Å². The number of aromatic nitrogens is 1. The van der Waals surface area contributed by atoms with E-state index in [0.717, 1.165) is 43.6 Å². The number of fused-ring (bicyclic) bond motifs is 3. The van der Waals surface area contributed by atoms with E-state index in [4.69, 9.17) is 0 Å². The highest BCUT2D eigenvalue weighted by atomic mass is 19.1. The van der Waals surface area contributed by atoms with Gasteiger partial charge in [0.2, 0.25) is 5.91 Å². The van der Waals surface area contributed by atoms with Gasteiger partial charge in [-0.05, 0) is 50.0 Å². The molecule has 0 spiro atoms. The van der Waals surface area contributed by atoms with Crippen LogP contribution in [0.15, 0.2) is 48.5 Å². The average Bonchev–Trinajstić information content (AvgIpc) is 3.35. The summed E-state index contributed by atoms with van der Waals surface area (Å²) >= 11 is 0. The van der Waals surface area contributed by atoms with Crippen molar-refractivity contribution >= 4 is 16.8 Å². The maximum atomic E-state index is 14.8. The Kier molecular flexibility index (Phi) is 4.40. The van der Waals surface area contributed by atoms with Gasteiger partial charge < -0.3 is 9.88 Å². The molecule has 3 aromatic rings. The van der Waals surface area contributed by atoms with Crippen molar-refractivity contribution in [1.82, 2.24) is 14.8 Å². The lowest BCUT2D eigenvalue weighted by molar-refractivity contribution is -0.134. The van der Waals surface area contributed by atoms with E-state index in [1.54, 1.807) is 12.1 Å². The van der Waals surface area contributed by atoms with E-state index in [9.17, 15) is 9.18 Å².